The van der Waals surface area contributed by atoms with Gasteiger partial charge in [0.2, 0.25) is 27.7 Å². The first-order valence-corrected chi connectivity index (χ1v) is 42.8. The number of likely N-dealkylation sites (N-methyl/N-ethyl adjacent to an activating group) is 1. The number of fused-ring (bicyclic) bond motifs is 5. The summed E-state index contributed by atoms with van der Waals surface area (Å²) in [4.78, 5) is 44.8. The van der Waals surface area contributed by atoms with Crippen molar-refractivity contribution in [1.29, 1.82) is 0 Å². The number of benzene rings is 11. The average molecular weight is 1650 g/mol. The van der Waals surface area contributed by atoms with Crippen LogP contribution in [0.25, 0.3) is 0 Å². The van der Waals surface area contributed by atoms with E-state index >= 15 is 0 Å². The Kier molecular flexibility index (Phi) is 30.0. The zero-order valence-electron chi connectivity index (χ0n) is 68.5. The predicted octanol–water partition coefficient (Wildman–Crippen LogP) is 17.9. The summed E-state index contributed by atoms with van der Waals surface area (Å²) in [5.41, 5.74) is 20.0. The summed E-state index contributed by atoms with van der Waals surface area (Å²) in [6.45, 7) is 14.6. The number of aryl methyl sites for hydroxylation is 1. The molecule has 0 aromatic heterocycles. The van der Waals surface area contributed by atoms with Gasteiger partial charge in [-0.05, 0) is 208 Å². The van der Waals surface area contributed by atoms with Gasteiger partial charge in [0.05, 0.1) is 45.8 Å². The van der Waals surface area contributed by atoms with Crippen LogP contribution in [0, 0.1) is 6.92 Å². The van der Waals surface area contributed by atoms with Crippen molar-refractivity contribution in [3.05, 3.63) is 369 Å². The maximum absolute atomic E-state index is 13.4. The van der Waals surface area contributed by atoms with Crippen LogP contribution in [0.15, 0.2) is 284 Å². The Morgan fingerprint density at radius 3 is 1.00 bits per heavy atom. The van der Waals surface area contributed by atoms with Gasteiger partial charge in [-0.3, -0.25) is 14.4 Å². The molecule has 16 rings (SSSR count). The van der Waals surface area contributed by atoms with Crippen LogP contribution in [0.3, 0.4) is 0 Å². The van der Waals surface area contributed by atoms with Gasteiger partial charge in [0.1, 0.15) is 28.7 Å². The molecule has 0 aliphatic carbocycles. The highest BCUT2D eigenvalue weighted by atomic mass is 79.9. The highest BCUT2D eigenvalue weighted by Crippen LogP contribution is 2.41. The van der Waals surface area contributed by atoms with Gasteiger partial charge in [0.25, 0.3) is 0 Å². The third-order valence-corrected chi connectivity index (χ3v) is 25.5. The molecule has 5 aliphatic heterocycles. The van der Waals surface area contributed by atoms with Crippen LogP contribution in [-0.4, -0.2) is 163 Å². The summed E-state index contributed by atoms with van der Waals surface area (Å²) in [6, 6.07) is 90.4. The van der Waals surface area contributed by atoms with Gasteiger partial charge in [-0.25, -0.2) is 8.42 Å². The Balaban J connectivity index is 0.000000135. The van der Waals surface area contributed by atoms with Crippen molar-refractivity contribution < 1.29 is 46.5 Å². The first kappa shape index (κ1) is 85.3. The van der Waals surface area contributed by atoms with E-state index < -0.39 is 10.0 Å². The number of nitrogens with zero attached hydrogens (tertiary/aromatic N) is 5. The van der Waals surface area contributed by atoms with Crippen molar-refractivity contribution in [3.8, 4) is 28.7 Å². The summed E-state index contributed by atoms with van der Waals surface area (Å²) in [5, 5.41) is 0.369. The van der Waals surface area contributed by atoms with E-state index in [2.05, 4.69) is 204 Å². The molecule has 0 saturated heterocycles. The van der Waals surface area contributed by atoms with Crippen molar-refractivity contribution in [2.45, 2.75) is 80.4 Å². The molecule has 11 aromatic carbocycles. The molecule has 0 fully saturated rings. The molecule has 606 valence electrons. The van der Waals surface area contributed by atoms with Crippen LogP contribution < -0.4 is 23.7 Å². The number of hydrogen-bond acceptors (Lipinski definition) is 11. The van der Waals surface area contributed by atoms with Gasteiger partial charge in [0, 0.05) is 102 Å². The maximum atomic E-state index is 13.4. The smallest absolute Gasteiger partial charge is 0.245 e. The number of carbonyl (C=O) groups is 3. The lowest BCUT2D eigenvalue weighted by atomic mass is 9.88. The number of alkyl halides is 1. The third kappa shape index (κ3) is 21.6. The van der Waals surface area contributed by atoms with Gasteiger partial charge in [-0.2, -0.15) is 4.31 Å². The Morgan fingerprint density at radius 1 is 0.385 bits per heavy atom. The van der Waals surface area contributed by atoms with E-state index in [1.165, 1.54) is 78.4 Å². The second kappa shape index (κ2) is 41.2. The highest BCUT2D eigenvalue weighted by molar-refractivity contribution is 9.09. The molecule has 5 atom stereocenters. The number of halogens is 1. The van der Waals surface area contributed by atoms with Crippen LogP contribution in [0.2, 0.25) is 0 Å². The van der Waals surface area contributed by atoms with E-state index in [0.717, 1.165) is 104 Å². The fourth-order valence-corrected chi connectivity index (χ4v) is 18.4. The molecule has 0 spiro atoms. The topological polar surface area (TPSA) is 148 Å². The van der Waals surface area contributed by atoms with Crippen LogP contribution in [0.4, 0.5) is 0 Å². The minimum atomic E-state index is -3.57. The van der Waals surface area contributed by atoms with Gasteiger partial charge >= 0.3 is 0 Å². The Bertz CT molecular complexity index is 5240. The van der Waals surface area contributed by atoms with Gasteiger partial charge in [0.15, 0.2) is 0 Å². The average Bonchev–Trinajstić information content (AvgIpc) is 1.66. The highest BCUT2D eigenvalue weighted by Gasteiger charge is 2.35. The Labute approximate surface area is 700 Å². The lowest BCUT2D eigenvalue weighted by Crippen LogP contribution is -2.35. The van der Waals surface area contributed by atoms with Gasteiger partial charge in [-0.15, -0.1) is 0 Å². The van der Waals surface area contributed by atoms with E-state index in [0.29, 0.717) is 55.3 Å². The monoisotopic (exact) mass is 1650 g/mol. The standard InChI is InChI=1S/C24H25NO3S.C20H21NO2.C19H20BrNO2.C19H21NO2.C18H21NO/c1-18-8-12-22(13-9-18)29(26,27)25-15-14-20-10-11-21(28-2)16-23(20)24(17-25)19-6-4-3-5-7-19;1-3-20(22)21-12-11-16-9-10-17(23-2)13-18(16)19(14-21)15-7-5-4-6-8-15;1-23-16-8-7-15-9-10-21(19(22)12-20)13-18(17(15)11-16)14-5-3-2-4-6-14;1-14(21)20-11-10-16-8-9-17(22-2)12-18(16)19(13-20)15-6-4-3-5-7-15;1-19-11-10-15-8-9-16(20-2)12-17(15)18(13-19)14-6-4-3-5-7-14/h3-13,16,24H,14-15,17H2,1-2H3;3-10,13,19H,1,11-12,14H2,2H3;2-8,11,18H,9-10,12-13H2,1H3;3-9,12,19H,10-11,13H2,1-2H3;3-9,12,18H,10-11,13H2,1-2H3. The van der Waals surface area contributed by atoms with Gasteiger partial charge < -0.3 is 43.3 Å². The van der Waals surface area contributed by atoms with Crippen molar-refractivity contribution in [1.82, 2.24) is 23.9 Å². The molecule has 5 aliphatic rings. The Hall–Kier alpha value is -11.1. The van der Waals surface area contributed by atoms with Crippen LogP contribution in [0.5, 0.6) is 28.7 Å². The molecule has 0 saturated carbocycles. The van der Waals surface area contributed by atoms with E-state index in [9.17, 15) is 22.8 Å². The summed E-state index contributed by atoms with van der Waals surface area (Å²) in [5.74, 6) is 5.50. The van der Waals surface area contributed by atoms with E-state index in [1.54, 1.807) is 58.9 Å². The number of hydrogen-bond donors (Lipinski definition) is 0. The molecule has 5 unspecified atom stereocenters. The third-order valence-electron chi connectivity index (χ3n) is 23.1. The number of amides is 3. The lowest BCUT2D eigenvalue weighted by molar-refractivity contribution is -0.129. The summed E-state index contributed by atoms with van der Waals surface area (Å²) in [6.07, 6.45) is 5.80. The number of carbonyl (C=O) groups excluding carboxylic acids is 3. The quantitative estimate of drug-likeness (QED) is 0.0757. The van der Waals surface area contributed by atoms with Crippen LogP contribution in [0.1, 0.15) is 126 Å². The fourth-order valence-electron chi connectivity index (χ4n) is 16.6. The lowest BCUT2D eigenvalue weighted by Gasteiger charge is -2.25. The largest absolute Gasteiger partial charge is 0.497 e. The van der Waals surface area contributed by atoms with Crippen molar-refractivity contribution in [2.75, 3.05) is 113 Å². The minimum absolute atomic E-state index is 0.00861. The van der Waals surface area contributed by atoms with E-state index in [1.807, 2.05) is 107 Å². The van der Waals surface area contributed by atoms with E-state index in [4.69, 9.17) is 23.7 Å². The molecule has 11 aromatic rings. The molecule has 5 heterocycles. The van der Waals surface area contributed by atoms with Crippen molar-refractivity contribution >= 4 is 43.7 Å². The zero-order valence-corrected chi connectivity index (χ0v) is 70.9. The molecule has 3 amide bonds. The SMILES string of the molecule is C=CC(=O)N1CCc2ccc(OC)cc2C(c2ccccc2)C1.COc1ccc2c(c1)C(c1ccccc1)CN(C(=O)CBr)CC2.COc1ccc2c(c1)C(c1ccccc1)CN(C(C)=O)CC2.COc1ccc2c(c1)C(c1ccccc1)CN(C)CC2.COc1ccc2c(c1)C(c1ccccc1)CN(S(=O)(=O)c1ccc(C)cc1)CC2. The summed E-state index contributed by atoms with van der Waals surface area (Å²) in [7, 11) is 7.10. The Morgan fingerprint density at radius 2 is 0.675 bits per heavy atom. The number of rotatable bonds is 14. The molecule has 117 heavy (non-hydrogen) atoms. The summed E-state index contributed by atoms with van der Waals surface area (Å²) < 4.78 is 55.5. The number of sulfonamides is 1. The molecule has 0 N–H and O–H groups in total. The van der Waals surface area contributed by atoms with Crippen LogP contribution >= 0.6 is 15.9 Å². The zero-order chi connectivity index (χ0) is 82.4. The number of ether oxygens (including phenoxy) is 5. The molecule has 0 bridgehead atoms. The van der Waals surface area contributed by atoms with Crippen molar-refractivity contribution in [2.24, 2.45) is 0 Å². The number of methoxy groups -OCH3 is 5. The summed E-state index contributed by atoms with van der Waals surface area (Å²) >= 11 is 3.30. The fraction of sp³-hybridized carbons (Fsp3) is 0.290. The molecule has 0 radical (unpaired) electrons. The normalized spacial score (nSPS) is 17.6. The minimum Gasteiger partial charge on any atom is -0.497 e. The second-order valence-corrected chi connectivity index (χ2v) is 32.8. The van der Waals surface area contributed by atoms with Gasteiger partial charge in [-0.1, -0.05) is 222 Å². The van der Waals surface area contributed by atoms with Crippen LogP contribution in [-0.2, 0) is 56.5 Å². The molecular formula is C100H108BrN5O10S. The molecule has 15 nitrogen and oxygen atoms in total. The first-order valence-electron chi connectivity index (χ1n) is 40.3. The van der Waals surface area contributed by atoms with Crippen molar-refractivity contribution in [3.63, 3.8) is 0 Å². The predicted molar refractivity (Wildman–Crippen MR) is 472 cm³/mol. The second-order valence-electron chi connectivity index (χ2n) is 30.3. The van der Waals surface area contributed by atoms with E-state index in [-0.39, 0.29) is 41.4 Å². The molecule has 17 heteroatoms. The maximum Gasteiger partial charge on any atom is 0.245 e. The molecular weight excluding hydrogens is 1540 g/mol. The first-order chi connectivity index (χ1) is 56.9.